The van der Waals surface area contributed by atoms with Crippen LogP contribution in [0.3, 0.4) is 0 Å². The standard InChI is InChI=1S/C61H40N2S/c1-3-18-41(19-4-1)42-34-36-44(37-35-42)62(56-30-13-8-23-48(56)50-25-17-26-51-49-24-9-16-33-59(49)64-60(50)51)45-38-39-47-46-22-7-10-27-52(46)61(55(47)40-45)53-28-11-14-31-57(53)63(43-20-5-2-6-21-43)58-32-15-12-29-54(58)61/h1-40H. The molecule has 2 nitrogen and oxygen atoms in total. The van der Waals surface area contributed by atoms with Crippen molar-refractivity contribution in [3.63, 3.8) is 0 Å². The molecular formula is C61H40N2S. The van der Waals surface area contributed by atoms with E-state index >= 15 is 0 Å². The number of rotatable bonds is 6. The fourth-order valence-electron chi connectivity index (χ4n) is 10.8. The Kier molecular flexibility index (Phi) is 8.34. The van der Waals surface area contributed by atoms with E-state index in [9.17, 15) is 0 Å². The normalized spacial score (nSPS) is 13.1. The first-order valence-corrected chi connectivity index (χ1v) is 22.8. The second-order valence-corrected chi connectivity index (χ2v) is 17.8. The van der Waals surface area contributed by atoms with E-state index < -0.39 is 5.41 Å². The maximum Gasteiger partial charge on any atom is 0.0755 e. The lowest BCUT2D eigenvalue weighted by atomic mass is 9.64. The number of nitrogens with zero attached hydrogens (tertiary/aromatic N) is 2. The van der Waals surface area contributed by atoms with Crippen LogP contribution in [-0.4, -0.2) is 0 Å². The zero-order valence-electron chi connectivity index (χ0n) is 34.9. The van der Waals surface area contributed by atoms with E-state index in [2.05, 4.69) is 252 Å². The Hall–Kier alpha value is -7.98. The van der Waals surface area contributed by atoms with Crippen LogP contribution in [0.2, 0.25) is 0 Å². The summed E-state index contributed by atoms with van der Waals surface area (Å²) in [7, 11) is 0. The molecule has 0 unspecified atom stereocenters. The van der Waals surface area contributed by atoms with Crippen LogP contribution >= 0.6 is 11.3 Å². The van der Waals surface area contributed by atoms with Crippen LogP contribution in [0.5, 0.6) is 0 Å². The highest BCUT2D eigenvalue weighted by Crippen LogP contribution is 2.64. The number of thiophene rings is 1. The average molecular weight is 833 g/mol. The zero-order chi connectivity index (χ0) is 42.2. The van der Waals surface area contributed by atoms with Crippen molar-refractivity contribution in [1.29, 1.82) is 0 Å². The van der Waals surface area contributed by atoms with E-state index in [1.165, 1.54) is 87.2 Å². The highest BCUT2D eigenvalue weighted by molar-refractivity contribution is 7.26. The van der Waals surface area contributed by atoms with Crippen LogP contribution < -0.4 is 9.80 Å². The summed E-state index contributed by atoms with van der Waals surface area (Å²) < 4.78 is 2.61. The summed E-state index contributed by atoms with van der Waals surface area (Å²) in [6.07, 6.45) is 0. The van der Waals surface area contributed by atoms with Crippen molar-refractivity contribution in [2.45, 2.75) is 5.41 Å². The minimum atomic E-state index is -0.578. The topological polar surface area (TPSA) is 6.48 Å². The molecule has 1 aliphatic heterocycles. The third-order valence-electron chi connectivity index (χ3n) is 13.5. The zero-order valence-corrected chi connectivity index (χ0v) is 35.7. The van der Waals surface area contributed by atoms with Gasteiger partial charge < -0.3 is 9.80 Å². The second-order valence-electron chi connectivity index (χ2n) is 16.8. The molecule has 3 heteroatoms. The molecule has 0 radical (unpaired) electrons. The summed E-state index contributed by atoms with van der Waals surface area (Å²) in [5.74, 6) is 0. The van der Waals surface area contributed by atoms with Gasteiger partial charge in [0.1, 0.15) is 0 Å². The van der Waals surface area contributed by atoms with E-state index in [0.717, 1.165) is 22.7 Å². The van der Waals surface area contributed by atoms with Crippen LogP contribution in [0, 0.1) is 0 Å². The van der Waals surface area contributed by atoms with E-state index in [0.29, 0.717) is 0 Å². The third-order valence-corrected chi connectivity index (χ3v) is 14.7. The van der Waals surface area contributed by atoms with Crippen molar-refractivity contribution < 1.29 is 0 Å². The van der Waals surface area contributed by atoms with Crippen molar-refractivity contribution in [1.82, 2.24) is 0 Å². The Labute approximate surface area is 377 Å². The van der Waals surface area contributed by atoms with Crippen molar-refractivity contribution in [2.24, 2.45) is 0 Å². The van der Waals surface area contributed by atoms with Crippen LogP contribution in [-0.2, 0) is 5.41 Å². The summed E-state index contributed by atoms with van der Waals surface area (Å²) in [6.45, 7) is 0. The minimum Gasteiger partial charge on any atom is -0.310 e. The van der Waals surface area contributed by atoms with Crippen LogP contribution in [0.1, 0.15) is 22.3 Å². The van der Waals surface area contributed by atoms with Gasteiger partial charge >= 0.3 is 0 Å². The maximum atomic E-state index is 2.50. The summed E-state index contributed by atoms with van der Waals surface area (Å²) in [5, 5.41) is 2.60. The Morgan fingerprint density at radius 2 is 0.906 bits per heavy atom. The van der Waals surface area contributed by atoms with E-state index in [-0.39, 0.29) is 0 Å². The number of para-hydroxylation sites is 4. The molecule has 0 bridgehead atoms. The second kappa shape index (κ2) is 14.6. The largest absolute Gasteiger partial charge is 0.310 e. The Balaban J connectivity index is 1.08. The lowest BCUT2D eigenvalue weighted by Gasteiger charge is -2.45. The lowest BCUT2D eigenvalue weighted by Crippen LogP contribution is -2.36. The van der Waals surface area contributed by atoms with Gasteiger partial charge in [-0.05, 0) is 105 Å². The quantitative estimate of drug-likeness (QED) is 0.165. The summed E-state index contributed by atoms with van der Waals surface area (Å²) >= 11 is 1.88. The average Bonchev–Trinajstić information content (AvgIpc) is 3.89. The monoisotopic (exact) mass is 832 g/mol. The number of fused-ring (bicyclic) bond motifs is 12. The van der Waals surface area contributed by atoms with Gasteiger partial charge in [-0.25, -0.2) is 0 Å². The smallest absolute Gasteiger partial charge is 0.0755 e. The van der Waals surface area contributed by atoms with E-state index in [1.54, 1.807) is 0 Å². The van der Waals surface area contributed by atoms with Gasteiger partial charge in [0.2, 0.25) is 0 Å². The van der Waals surface area contributed by atoms with Crippen molar-refractivity contribution in [3.05, 3.63) is 265 Å². The molecule has 300 valence electrons. The molecule has 0 saturated carbocycles. The molecule has 1 aliphatic carbocycles. The van der Waals surface area contributed by atoms with Crippen molar-refractivity contribution in [3.8, 4) is 33.4 Å². The van der Waals surface area contributed by atoms with Crippen LogP contribution in [0.25, 0.3) is 53.6 Å². The van der Waals surface area contributed by atoms with Gasteiger partial charge in [-0.3, -0.25) is 0 Å². The summed E-state index contributed by atoms with van der Waals surface area (Å²) in [6, 6.07) is 89.6. The molecule has 2 aliphatic rings. The van der Waals surface area contributed by atoms with Crippen LogP contribution in [0.15, 0.2) is 243 Å². The van der Waals surface area contributed by atoms with E-state index in [4.69, 9.17) is 0 Å². The fourth-order valence-corrected chi connectivity index (χ4v) is 12.0. The first-order chi connectivity index (χ1) is 31.8. The third kappa shape index (κ3) is 5.38. The van der Waals surface area contributed by atoms with Gasteiger partial charge in [-0.15, -0.1) is 11.3 Å². The molecule has 13 rings (SSSR count). The molecule has 1 spiro atoms. The van der Waals surface area contributed by atoms with Gasteiger partial charge in [0, 0.05) is 48.4 Å². The van der Waals surface area contributed by atoms with Gasteiger partial charge in [-0.2, -0.15) is 0 Å². The number of benzene rings is 10. The van der Waals surface area contributed by atoms with Gasteiger partial charge in [0.05, 0.1) is 22.5 Å². The van der Waals surface area contributed by atoms with Gasteiger partial charge in [-0.1, -0.05) is 182 Å². The van der Waals surface area contributed by atoms with Crippen molar-refractivity contribution in [2.75, 3.05) is 9.80 Å². The predicted molar refractivity (Wildman–Crippen MR) is 270 cm³/mol. The molecule has 64 heavy (non-hydrogen) atoms. The maximum absolute atomic E-state index is 2.50. The molecular weight excluding hydrogens is 793 g/mol. The first-order valence-electron chi connectivity index (χ1n) is 22.0. The number of hydrogen-bond acceptors (Lipinski definition) is 3. The van der Waals surface area contributed by atoms with Crippen molar-refractivity contribution >= 4 is 65.6 Å². The lowest BCUT2D eigenvalue weighted by molar-refractivity contribution is 0.752. The van der Waals surface area contributed by atoms with Gasteiger partial charge in [0.15, 0.2) is 0 Å². The Morgan fingerprint density at radius 1 is 0.359 bits per heavy atom. The minimum absolute atomic E-state index is 0.578. The molecule has 1 aromatic heterocycles. The van der Waals surface area contributed by atoms with Crippen LogP contribution in [0.4, 0.5) is 34.1 Å². The molecule has 0 atom stereocenters. The number of hydrogen-bond donors (Lipinski definition) is 0. The first kappa shape index (κ1) is 36.7. The summed E-state index contributed by atoms with van der Waals surface area (Å²) in [5.41, 5.74) is 18.8. The Bertz CT molecular complexity index is 3520. The Morgan fingerprint density at radius 3 is 1.67 bits per heavy atom. The number of anilines is 6. The molecule has 0 amide bonds. The molecule has 0 saturated heterocycles. The molecule has 0 fully saturated rings. The highest BCUT2D eigenvalue weighted by Gasteiger charge is 2.51. The molecule has 11 aromatic rings. The SMILES string of the molecule is c1ccc(-c2ccc(N(c3ccc4c(c3)C3(c5ccccc5-4)c4ccccc4N(c4ccccc4)c4ccccc43)c3ccccc3-c3cccc4c3sc3ccccc34)cc2)cc1. The summed E-state index contributed by atoms with van der Waals surface area (Å²) in [4.78, 5) is 4.94. The fraction of sp³-hybridized carbons (Fsp3) is 0.0164. The van der Waals surface area contributed by atoms with E-state index in [1.807, 2.05) is 11.3 Å². The van der Waals surface area contributed by atoms with Gasteiger partial charge in [0.25, 0.3) is 0 Å². The predicted octanol–water partition coefficient (Wildman–Crippen LogP) is 17.0. The highest BCUT2D eigenvalue weighted by atomic mass is 32.1. The molecule has 2 heterocycles. The molecule has 10 aromatic carbocycles. The molecule has 0 N–H and O–H groups in total.